The molecule has 2 aliphatic heterocycles. The van der Waals surface area contributed by atoms with Crippen molar-refractivity contribution in [1.82, 2.24) is 14.9 Å². The Labute approximate surface area is 126 Å². The van der Waals surface area contributed by atoms with E-state index in [0.29, 0.717) is 11.8 Å². The van der Waals surface area contributed by atoms with Gasteiger partial charge in [0.15, 0.2) is 5.82 Å². The number of piperidine rings is 1. The van der Waals surface area contributed by atoms with Gasteiger partial charge in [0, 0.05) is 45.1 Å². The fourth-order valence-electron chi connectivity index (χ4n) is 3.23. The molecule has 0 spiro atoms. The largest absolute Gasteiger partial charge is 0.478 e. The molecule has 3 rings (SSSR count). The number of anilines is 1. The first-order valence-corrected chi connectivity index (χ1v) is 7.77. The minimum Gasteiger partial charge on any atom is -0.478 e. The van der Waals surface area contributed by atoms with Crippen molar-refractivity contribution in [2.24, 2.45) is 5.92 Å². The van der Waals surface area contributed by atoms with Crippen LogP contribution in [-0.2, 0) is 4.74 Å². The van der Waals surface area contributed by atoms with Crippen molar-refractivity contribution in [1.29, 1.82) is 0 Å². The predicted molar refractivity (Wildman–Crippen MR) is 80.8 cm³/mol. The first kappa shape index (κ1) is 14.5. The molecule has 2 saturated heterocycles. The van der Waals surface area contributed by atoms with E-state index >= 15 is 0 Å². The number of methoxy groups -OCH3 is 1. The monoisotopic (exact) mass is 292 g/mol. The Balaban J connectivity index is 1.62. The third kappa shape index (κ3) is 3.63. The summed E-state index contributed by atoms with van der Waals surface area (Å²) < 4.78 is 10.8. The van der Waals surface area contributed by atoms with Crippen molar-refractivity contribution >= 4 is 5.82 Å². The second kappa shape index (κ2) is 7.04. The average molecular weight is 292 g/mol. The summed E-state index contributed by atoms with van der Waals surface area (Å²) in [5, 5.41) is 0. The van der Waals surface area contributed by atoms with Gasteiger partial charge in [0.05, 0.1) is 20.3 Å². The van der Waals surface area contributed by atoms with Crippen molar-refractivity contribution < 1.29 is 9.47 Å². The number of morpholine rings is 1. The summed E-state index contributed by atoms with van der Waals surface area (Å²) >= 11 is 0. The molecule has 0 unspecified atom stereocenters. The van der Waals surface area contributed by atoms with Crippen molar-refractivity contribution in [3.8, 4) is 5.88 Å². The second-order valence-corrected chi connectivity index (χ2v) is 5.76. The maximum atomic E-state index is 5.42. The molecule has 1 atom stereocenters. The number of rotatable bonds is 4. The Kier molecular flexibility index (Phi) is 4.87. The number of hydrogen-bond donors (Lipinski definition) is 0. The molecule has 21 heavy (non-hydrogen) atoms. The Morgan fingerprint density at radius 3 is 2.86 bits per heavy atom. The summed E-state index contributed by atoms with van der Waals surface area (Å²) in [5.74, 6) is 2.19. The van der Waals surface area contributed by atoms with E-state index in [-0.39, 0.29) is 0 Å². The molecule has 1 aromatic rings. The molecular weight excluding hydrogens is 268 g/mol. The predicted octanol–water partition coefficient (Wildman–Crippen LogP) is 1.03. The highest BCUT2D eigenvalue weighted by atomic mass is 16.5. The summed E-state index contributed by atoms with van der Waals surface area (Å²) in [7, 11) is 1.66. The first-order chi connectivity index (χ1) is 10.4. The minimum absolute atomic E-state index is 0.629. The third-order valence-corrected chi connectivity index (χ3v) is 4.28. The van der Waals surface area contributed by atoms with Crippen molar-refractivity contribution in [3.63, 3.8) is 0 Å². The van der Waals surface area contributed by atoms with Crippen LogP contribution >= 0.6 is 0 Å². The molecule has 2 aliphatic rings. The van der Waals surface area contributed by atoms with E-state index in [1.54, 1.807) is 19.5 Å². The topological polar surface area (TPSA) is 50.7 Å². The molecule has 6 heteroatoms. The van der Waals surface area contributed by atoms with Crippen molar-refractivity contribution in [2.45, 2.75) is 12.8 Å². The van der Waals surface area contributed by atoms with Gasteiger partial charge in [0.25, 0.3) is 5.88 Å². The minimum atomic E-state index is 0.629. The van der Waals surface area contributed by atoms with E-state index in [1.807, 2.05) is 0 Å². The maximum absolute atomic E-state index is 5.42. The van der Waals surface area contributed by atoms with Crippen LogP contribution in [0.5, 0.6) is 5.88 Å². The molecular formula is C15H24N4O2. The van der Waals surface area contributed by atoms with Crippen LogP contribution in [0.4, 0.5) is 5.82 Å². The van der Waals surface area contributed by atoms with Crippen molar-refractivity contribution in [3.05, 3.63) is 12.4 Å². The Bertz CT molecular complexity index is 451. The van der Waals surface area contributed by atoms with Crippen molar-refractivity contribution in [2.75, 3.05) is 57.9 Å². The molecule has 2 fully saturated rings. The summed E-state index contributed by atoms with van der Waals surface area (Å²) in [6.45, 7) is 7.09. The van der Waals surface area contributed by atoms with Crippen LogP contribution in [0.3, 0.4) is 0 Å². The van der Waals surface area contributed by atoms with Crippen LogP contribution < -0.4 is 9.64 Å². The molecule has 0 bridgehead atoms. The summed E-state index contributed by atoms with van der Waals surface area (Å²) in [5.41, 5.74) is 0. The number of ether oxygens (including phenoxy) is 2. The zero-order valence-corrected chi connectivity index (χ0v) is 12.7. The summed E-state index contributed by atoms with van der Waals surface area (Å²) in [4.78, 5) is 13.6. The van der Waals surface area contributed by atoms with Gasteiger partial charge in [-0.15, -0.1) is 0 Å². The van der Waals surface area contributed by atoms with Gasteiger partial charge < -0.3 is 14.4 Å². The van der Waals surface area contributed by atoms with Gasteiger partial charge in [-0.25, -0.2) is 9.97 Å². The van der Waals surface area contributed by atoms with E-state index in [9.17, 15) is 0 Å². The number of hydrogen-bond acceptors (Lipinski definition) is 6. The quantitative estimate of drug-likeness (QED) is 0.826. The molecule has 116 valence electrons. The normalized spacial score (nSPS) is 24.0. The molecule has 0 N–H and O–H groups in total. The first-order valence-electron chi connectivity index (χ1n) is 7.77. The van der Waals surface area contributed by atoms with E-state index in [2.05, 4.69) is 19.8 Å². The SMILES string of the molecule is COc1nccnc1N1CCC[C@H](CN2CCOCC2)C1. The zero-order chi connectivity index (χ0) is 14.5. The summed E-state index contributed by atoms with van der Waals surface area (Å²) in [6, 6.07) is 0. The molecule has 0 amide bonds. The molecule has 3 heterocycles. The van der Waals surface area contributed by atoms with Crippen LogP contribution in [0, 0.1) is 5.92 Å². The zero-order valence-electron chi connectivity index (χ0n) is 12.7. The molecule has 0 saturated carbocycles. The van der Waals surface area contributed by atoms with Gasteiger partial charge in [-0.05, 0) is 18.8 Å². The number of nitrogens with zero attached hydrogens (tertiary/aromatic N) is 4. The highest BCUT2D eigenvalue weighted by Crippen LogP contribution is 2.27. The Morgan fingerprint density at radius 2 is 2.05 bits per heavy atom. The molecule has 0 aliphatic carbocycles. The summed E-state index contributed by atoms with van der Waals surface area (Å²) in [6.07, 6.45) is 5.91. The third-order valence-electron chi connectivity index (χ3n) is 4.28. The van der Waals surface area contributed by atoms with Gasteiger partial charge in [-0.3, -0.25) is 4.90 Å². The highest BCUT2D eigenvalue weighted by Gasteiger charge is 2.25. The standard InChI is InChI=1S/C15H24N4O2/c1-20-15-14(16-4-5-17-15)19-6-2-3-13(12-19)11-18-7-9-21-10-8-18/h4-5,13H,2-3,6-12H2,1H3/t13-/m1/s1. The smallest absolute Gasteiger partial charge is 0.257 e. The Hall–Kier alpha value is -1.40. The van der Waals surface area contributed by atoms with Crippen LogP contribution in [0.1, 0.15) is 12.8 Å². The number of aromatic nitrogens is 2. The molecule has 0 radical (unpaired) electrons. The van der Waals surface area contributed by atoms with Crippen LogP contribution in [0.15, 0.2) is 12.4 Å². The fraction of sp³-hybridized carbons (Fsp3) is 0.733. The van der Waals surface area contributed by atoms with E-state index < -0.39 is 0 Å². The van der Waals surface area contributed by atoms with Gasteiger partial charge in [0.1, 0.15) is 0 Å². The maximum Gasteiger partial charge on any atom is 0.257 e. The molecule has 6 nitrogen and oxygen atoms in total. The van der Waals surface area contributed by atoms with Gasteiger partial charge >= 0.3 is 0 Å². The lowest BCUT2D eigenvalue weighted by molar-refractivity contribution is 0.0296. The molecule has 0 aromatic carbocycles. The fourth-order valence-corrected chi connectivity index (χ4v) is 3.23. The Morgan fingerprint density at radius 1 is 1.24 bits per heavy atom. The van der Waals surface area contributed by atoms with Crippen LogP contribution in [-0.4, -0.2) is 67.9 Å². The van der Waals surface area contributed by atoms with Gasteiger partial charge in [0.2, 0.25) is 0 Å². The lowest BCUT2D eigenvalue weighted by Crippen LogP contribution is -2.44. The van der Waals surface area contributed by atoms with Gasteiger partial charge in [-0.2, -0.15) is 0 Å². The lowest BCUT2D eigenvalue weighted by atomic mass is 9.97. The van der Waals surface area contributed by atoms with Crippen LogP contribution in [0.2, 0.25) is 0 Å². The lowest BCUT2D eigenvalue weighted by Gasteiger charge is -2.37. The van der Waals surface area contributed by atoms with E-state index in [1.165, 1.54) is 12.8 Å². The van der Waals surface area contributed by atoms with Gasteiger partial charge in [-0.1, -0.05) is 0 Å². The van der Waals surface area contributed by atoms with E-state index in [0.717, 1.165) is 51.8 Å². The van der Waals surface area contributed by atoms with E-state index in [4.69, 9.17) is 9.47 Å². The average Bonchev–Trinajstić information content (AvgIpc) is 2.56. The highest BCUT2D eigenvalue weighted by molar-refractivity contribution is 5.48. The second-order valence-electron chi connectivity index (χ2n) is 5.76. The van der Waals surface area contributed by atoms with Crippen LogP contribution in [0.25, 0.3) is 0 Å². The molecule has 1 aromatic heterocycles.